The molecular weight excluding hydrogens is 759 g/mol. The zero-order chi connectivity index (χ0) is 42.4. The maximum absolute atomic E-state index is 13.0. The lowest BCUT2D eigenvalue weighted by atomic mass is 10.1. The quantitative estimate of drug-likeness (QED) is 0.0176. The average molecular weight is 806 g/mol. The molecule has 0 saturated heterocycles. The van der Waals surface area contributed by atoms with Crippen LogP contribution in [0.2, 0.25) is 0 Å². The molecule has 0 spiro atoms. The van der Waals surface area contributed by atoms with Gasteiger partial charge in [-0.2, -0.15) is 0 Å². The molecule has 59 heavy (non-hydrogen) atoms. The fraction of sp³-hybridized carbons (Fsp3) is 0.261. The van der Waals surface area contributed by atoms with Gasteiger partial charge in [-0.15, -0.1) is 0 Å². The normalized spacial score (nSPS) is 10.6. The standard InChI is InChI=1S/C46H47NO12/c1-5-42(48)56-27-11-7-9-25-54-37-19-14-34(15-20-37)44(50)58-40-24-18-36(29-32(40)3)47-31-33-13-23-41(39(30-33)46(52)53-4)59-45(51)35-16-21-38(22-17-35)55-26-10-8-12-28-57-43(49)6-2/h5-6,13-24,29-31H,1-2,7-12,25-28H2,3-4H3. The number of esters is 5. The second kappa shape index (κ2) is 23.9. The number of carbonyl (C=O) groups excluding carboxylic acids is 5. The van der Waals surface area contributed by atoms with Gasteiger partial charge in [0.1, 0.15) is 28.6 Å². The summed E-state index contributed by atoms with van der Waals surface area (Å²) in [5.74, 6) is -1.21. The first-order valence-electron chi connectivity index (χ1n) is 19.0. The Morgan fingerprint density at radius 3 is 1.56 bits per heavy atom. The van der Waals surface area contributed by atoms with E-state index >= 15 is 0 Å². The number of aryl methyl sites for hydroxylation is 1. The second-order valence-corrected chi connectivity index (χ2v) is 12.8. The average Bonchev–Trinajstić information content (AvgIpc) is 3.25. The molecule has 4 aromatic rings. The van der Waals surface area contributed by atoms with Crippen LogP contribution in [0.1, 0.15) is 80.7 Å². The molecule has 4 aromatic carbocycles. The van der Waals surface area contributed by atoms with Gasteiger partial charge in [-0.1, -0.05) is 13.2 Å². The number of unbranched alkanes of at least 4 members (excludes halogenated alkanes) is 4. The first kappa shape index (κ1) is 44.7. The predicted octanol–water partition coefficient (Wildman–Crippen LogP) is 8.53. The van der Waals surface area contributed by atoms with Gasteiger partial charge in [0.25, 0.3) is 0 Å². The number of hydrogen-bond donors (Lipinski definition) is 0. The summed E-state index contributed by atoms with van der Waals surface area (Å²) in [6.07, 6.45) is 8.43. The maximum Gasteiger partial charge on any atom is 0.343 e. The maximum atomic E-state index is 13.0. The Morgan fingerprint density at radius 1 is 0.576 bits per heavy atom. The van der Waals surface area contributed by atoms with Crippen molar-refractivity contribution >= 4 is 41.7 Å². The molecule has 308 valence electrons. The number of aliphatic imine (C=N–C) groups is 1. The molecule has 0 saturated carbocycles. The van der Waals surface area contributed by atoms with E-state index in [0.29, 0.717) is 72.5 Å². The fourth-order valence-electron chi connectivity index (χ4n) is 5.26. The molecule has 0 aliphatic carbocycles. The summed E-state index contributed by atoms with van der Waals surface area (Å²) >= 11 is 0. The number of methoxy groups -OCH3 is 1. The van der Waals surface area contributed by atoms with E-state index in [9.17, 15) is 24.0 Å². The molecule has 0 bridgehead atoms. The van der Waals surface area contributed by atoms with E-state index in [1.54, 1.807) is 85.9 Å². The minimum atomic E-state index is -0.702. The van der Waals surface area contributed by atoms with Crippen LogP contribution < -0.4 is 18.9 Å². The highest BCUT2D eigenvalue weighted by Crippen LogP contribution is 2.27. The Balaban J connectivity index is 1.27. The largest absolute Gasteiger partial charge is 0.494 e. The summed E-state index contributed by atoms with van der Waals surface area (Å²) in [5, 5.41) is 0. The van der Waals surface area contributed by atoms with Crippen molar-refractivity contribution < 1.29 is 57.1 Å². The van der Waals surface area contributed by atoms with Crippen molar-refractivity contribution in [1.82, 2.24) is 0 Å². The molecule has 0 heterocycles. The van der Waals surface area contributed by atoms with Crippen LogP contribution in [0.15, 0.2) is 115 Å². The van der Waals surface area contributed by atoms with Crippen LogP contribution in [0.5, 0.6) is 23.0 Å². The molecule has 4 rings (SSSR count). The van der Waals surface area contributed by atoms with Crippen LogP contribution in [0.3, 0.4) is 0 Å². The molecule has 0 radical (unpaired) electrons. The molecular formula is C46H47NO12. The number of benzene rings is 4. The molecule has 13 heteroatoms. The van der Waals surface area contributed by atoms with Gasteiger partial charge in [-0.25, -0.2) is 24.0 Å². The number of carbonyl (C=O) groups is 5. The second-order valence-electron chi connectivity index (χ2n) is 12.8. The molecule has 0 atom stereocenters. The van der Waals surface area contributed by atoms with Crippen LogP contribution in [-0.4, -0.2) is 69.6 Å². The highest BCUT2D eigenvalue weighted by molar-refractivity contribution is 5.98. The minimum absolute atomic E-state index is 0.0136. The Kier molecular flexibility index (Phi) is 18.1. The van der Waals surface area contributed by atoms with Crippen LogP contribution >= 0.6 is 0 Å². The Hall–Kier alpha value is -7.02. The lowest BCUT2D eigenvalue weighted by molar-refractivity contribution is -0.138. The number of hydrogen-bond acceptors (Lipinski definition) is 13. The van der Waals surface area contributed by atoms with Crippen LogP contribution in [0.25, 0.3) is 0 Å². The molecule has 0 N–H and O–H groups in total. The van der Waals surface area contributed by atoms with Gasteiger partial charge in [0.05, 0.1) is 50.4 Å². The first-order valence-corrected chi connectivity index (χ1v) is 19.0. The van der Waals surface area contributed by atoms with Crippen molar-refractivity contribution in [3.63, 3.8) is 0 Å². The molecule has 0 aromatic heterocycles. The molecule has 0 unspecified atom stereocenters. The summed E-state index contributed by atoms with van der Waals surface area (Å²) in [6.45, 7) is 10.1. The van der Waals surface area contributed by atoms with E-state index in [-0.39, 0.29) is 16.9 Å². The van der Waals surface area contributed by atoms with Gasteiger partial charge < -0.3 is 33.2 Å². The fourth-order valence-corrected chi connectivity index (χ4v) is 5.26. The Morgan fingerprint density at radius 2 is 1.07 bits per heavy atom. The molecule has 0 aliphatic rings. The number of ether oxygens (including phenoxy) is 7. The van der Waals surface area contributed by atoms with Gasteiger partial charge in [0, 0.05) is 18.4 Å². The molecule has 13 nitrogen and oxygen atoms in total. The van der Waals surface area contributed by atoms with Crippen molar-refractivity contribution in [1.29, 1.82) is 0 Å². The van der Waals surface area contributed by atoms with Gasteiger partial charge in [-0.05, 0) is 142 Å². The van der Waals surface area contributed by atoms with E-state index in [1.807, 2.05) is 0 Å². The Labute approximate surface area is 343 Å². The molecule has 0 aliphatic heterocycles. The van der Waals surface area contributed by atoms with E-state index in [2.05, 4.69) is 18.2 Å². The van der Waals surface area contributed by atoms with Gasteiger partial charge in [0.15, 0.2) is 0 Å². The zero-order valence-corrected chi connectivity index (χ0v) is 33.1. The number of nitrogens with zero attached hydrogens (tertiary/aromatic N) is 1. The van der Waals surface area contributed by atoms with Crippen molar-refractivity contribution in [3.05, 3.63) is 138 Å². The minimum Gasteiger partial charge on any atom is -0.494 e. The van der Waals surface area contributed by atoms with Crippen molar-refractivity contribution in [2.75, 3.05) is 33.5 Å². The first-order chi connectivity index (χ1) is 28.6. The van der Waals surface area contributed by atoms with E-state index in [4.69, 9.17) is 33.2 Å². The molecule has 0 amide bonds. The highest BCUT2D eigenvalue weighted by atomic mass is 16.6. The smallest absolute Gasteiger partial charge is 0.343 e. The SMILES string of the molecule is C=CC(=O)OCCCCCOc1ccc(C(=O)Oc2ccc(N=Cc3ccc(OC(=O)c4ccc(OCCCCCOC(=O)C=C)cc4)c(C(=O)OC)c3)cc2C)cc1. The van der Waals surface area contributed by atoms with Crippen LogP contribution in [-0.2, 0) is 23.8 Å². The number of rotatable bonds is 23. The lowest BCUT2D eigenvalue weighted by Gasteiger charge is -2.11. The van der Waals surface area contributed by atoms with Gasteiger partial charge in [0.2, 0.25) is 0 Å². The van der Waals surface area contributed by atoms with E-state index in [0.717, 1.165) is 44.3 Å². The third kappa shape index (κ3) is 15.1. The van der Waals surface area contributed by atoms with Crippen molar-refractivity contribution in [2.24, 2.45) is 4.99 Å². The topological polar surface area (TPSA) is 162 Å². The summed E-state index contributed by atoms with van der Waals surface area (Å²) in [6, 6.07) is 22.8. The van der Waals surface area contributed by atoms with Crippen LogP contribution in [0, 0.1) is 6.92 Å². The zero-order valence-electron chi connectivity index (χ0n) is 33.1. The monoisotopic (exact) mass is 805 g/mol. The highest BCUT2D eigenvalue weighted by Gasteiger charge is 2.18. The van der Waals surface area contributed by atoms with Crippen LogP contribution in [0.4, 0.5) is 5.69 Å². The van der Waals surface area contributed by atoms with Crippen molar-refractivity contribution in [3.8, 4) is 23.0 Å². The van der Waals surface area contributed by atoms with Gasteiger partial charge in [-0.3, -0.25) is 4.99 Å². The lowest BCUT2D eigenvalue weighted by Crippen LogP contribution is -2.12. The molecule has 0 fully saturated rings. The summed E-state index contributed by atoms with van der Waals surface area (Å²) in [5.41, 5.74) is 2.41. The summed E-state index contributed by atoms with van der Waals surface area (Å²) in [4.78, 5) is 65.2. The van der Waals surface area contributed by atoms with E-state index in [1.165, 1.54) is 19.2 Å². The third-order valence-corrected chi connectivity index (χ3v) is 8.45. The predicted molar refractivity (Wildman–Crippen MR) is 220 cm³/mol. The third-order valence-electron chi connectivity index (χ3n) is 8.45. The van der Waals surface area contributed by atoms with Gasteiger partial charge >= 0.3 is 29.8 Å². The Bertz CT molecular complexity index is 2110. The van der Waals surface area contributed by atoms with E-state index < -0.39 is 29.8 Å². The summed E-state index contributed by atoms with van der Waals surface area (Å²) in [7, 11) is 1.23. The van der Waals surface area contributed by atoms with Crippen molar-refractivity contribution in [2.45, 2.75) is 45.4 Å². The summed E-state index contributed by atoms with van der Waals surface area (Å²) < 4.78 is 37.5.